The summed E-state index contributed by atoms with van der Waals surface area (Å²) in [6.45, 7) is 2.45. The average molecular weight is 341 g/mol. The van der Waals surface area contributed by atoms with Crippen LogP contribution >= 0.6 is 15.9 Å². The van der Waals surface area contributed by atoms with Crippen LogP contribution in [0.15, 0.2) is 22.9 Å². The first-order valence-electron chi connectivity index (χ1n) is 6.85. The Bertz CT molecular complexity index is 441. The lowest BCUT2D eigenvalue weighted by Crippen LogP contribution is -2.43. The molecule has 0 aliphatic carbocycles. The number of hydrogen-bond donors (Lipinski definition) is 1. The Morgan fingerprint density at radius 1 is 1.45 bits per heavy atom. The zero-order valence-electron chi connectivity index (χ0n) is 12.0. The maximum atomic E-state index is 11.7. The minimum Gasteiger partial charge on any atom is -0.381 e. The number of hydrogen-bond acceptors (Lipinski definition) is 4. The standard InChI is InChI=1S/C14H21BrN4O/c1-18(2)14(20)10-19-7-5-11(6-8-19)17-12-3-4-13(15)16-9-12/h3-4,9,11,17H,5-8,10H2,1-2H3. The quantitative estimate of drug-likeness (QED) is 0.849. The molecule has 1 aromatic rings. The number of likely N-dealkylation sites (tertiary alicyclic amines) is 1. The van der Waals surface area contributed by atoms with E-state index in [0.717, 1.165) is 36.2 Å². The van der Waals surface area contributed by atoms with Crippen LogP contribution in [0.5, 0.6) is 0 Å². The fourth-order valence-corrected chi connectivity index (χ4v) is 2.50. The molecule has 1 saturated heterocycles. The van der Waals surface area contributed by atoms with E-state index in [9.17, 15) is 4.79 Å². The van der Waals surface area contributed by atoms with E-state index in [2.05, 4.69) is 31.1 Å². The van der Waals surface area contributed by atoms with Crippen molar-refractivity contribution in [3.8, 4) is 0 Å². The summed E-state index contributed by atoms with van der Waals surface area (Å²) < 4.78 is 0.847. The lowest BCUT2D eigenvalue weighted by Gasteiger charge is -2.32. The normalized spacial score (nSPS) is 16.9. The summed E-state index contributed by atoms with van der Waals surface area (Å²) in [7, 11) is 3.61. The van der Waals surface area contributed by atoms with Crippen LogP contribution in [0.2, 0.25) is 0 Å². The second-order valence-electron chi connectivity index (χ2n) is 5.35. The molecule has 1 N–H and O–H groups in total. The van der Waals surface area contributed by atoms with Crippen molar-refractivity contribution in [2.45, 2.75) is 18.9 Å². The Morgan fingerprint density at radius 3 is 2.70 bits per heavy atom. The Morgan fingerprint density at radius 2 is 2.15 bits per heavy atom. The summed E-state index contributed by atoms with van der Waals surface area (Å²) in [5, 5.41) is 3.50. The third-order valence-electron chi connectivity index (χ3n) is 3.54. The van der Waals surface area contributed by atoms with Crippen molar-refractivity contribution < 1.29 is 4.79 Å². The molecule has 6 heteroatoms. The van der Waals surface area contributed by atoms with Crippen LogP contribution in [0, 0.1) is 0 Å². The van der Waals surface area contributed by atoms with Gasteiger partial charge in [0, 0.05) is 33.2 Å². The van der Waals surface area contributed by atoms with Crippen molar-refractivity contribution in [1.82, 2.24) is 14.8 Å². The fraction of sp³-hybridized carbons (Fsp3) is 0.571. The van der Waals surface area contributed by atoms with Gasteiger partial charge in [-0.3, -0.25) is 9.69 Å². The van der Waals surface area contributed by atoms with Gasteiger partial charge in [-0.15, -0.1) is 0 Å². The molecule has 1 amide bonds. The molecule has 2 rings (SSSR count). The molecule has 1 aliphatic heterocycles. The third kappa shape index (κ3) is 4.45. The Labute approximate surface area is 128 Å². The number of nitrogens with one attached hydrogen (secondary N) is 1. The van der Waals surface area contributed by atoms with Crippen LogP contribution in [0.4, 0.5) is 5.69 Å². The number of pyridine rings is 1. The second-order valence-corrected chi connectivity index (χ2v) is 6.17. The van der Waals surface area contributed by atoms with Crippen LogP contribution in [0.1, 0.15) is 12.8 Å². The summed E-state index contributed by atoms with van der Waals surface area (Å²) in [5.74, 6) is 0.175. The molecule has 0 bridgehead atoms. The minimum atomic E-state index is 0.175. The van der Waals surface area contributed by atoms with E-state index in [1.165, 1.54) is 0 Å². The van der Waals surface area contributed by atoms with Crippen LogP contribution < -0.4 is 5.32 Å². The van der Waals surface area contributed by atoms with Gasteiger partial charge >= 0.3 is 0 Å². The number of piperidine rings is 1. The van der Waals surface area contributed by atoms with Gasteiger partial charge in [0.2, 0.25) is 5.91 Å². The van der Waals surface area contributed by atoms with Gasteiger partial charge in [-0.2, -0.15) is 0 Å². The molecular formula is C14H21BrN4O. The van der Waals surface area contributed by atoms with Crippen molar-refractivity contribution >= 4 is 27.5 Å². The Kier molecular flexibility index (Phi) is 5.37. The lowest BCUT2D eigenvalue weighted by atomic mass is 10.0. The first-order valence-corrected chi connectivity index (χ1v) is 7.64. The molecular weight excluding hydrogens is 320 g/mol. The predicted octanol–water partition coefficient (Wildman–Crippen LogP) is 1.81. The van der Waals surface area contributed by atoms with E-state index >= 15 is 0 Å². The molecule has 0 spiro atoms. The number of anilines is 1. The highest BCUT2D eigenvalue weighted by Gasteiger charge is 2.21. The number of aromatic nitrogens is 1. The topological polar surface area (TPSA) is 48.5 Å². The first kappa shape index (κ1) is 15.3. The number of likely N-dealkylation sites (N-methyl/N-ethyl adjacent to an activating group) is 1. The van der Waals surface area contributed by atoms with Crippen molar-refractivity contribution in [2.24, 2.45) is 0 Å². The highest BCUT2D eigenvalue weighted by Crippen LogP contribution is 2.17. The maximum absolute atomic E-state index is 11.7. The number of amides is 1. The maximum Gasteiger partial charge on any atom is 0.236 e. The molecule has 0 atom stereocenters. The summed E-state index contributed by atoms with van der Waals surface area (Å²) in [5.41, 5.74) is 1.05. The molecule has 1 fully saturated rings. The fourth-order valence-electron chi connectivity index (χ4n) is 2.27. The number of rotatable bonds is 4. The van der Waals surface area contributed by atoms with Gasteiger partial charge in [0.1, 0.15) is 4.60 Å². The third-order valence-corrected chi connectivity index (χ3v) is 4.01. The lowest BCUT2D eigenvalue weighted by molar-refractivity contribution is -0.130. The number of carbonyl (C=O) groups excluding carboxylic acids is 1. The largest absolute Gasteiger partial charge is 0.381 e. The number of nitrogens with zero attached hydrogens (tertiary/aromatic N) is 3. The highest BCUT2D eigenvalue weighted by molar-refractivity contribution is 9.10. The summed E-state index contributed by atoms with van der Waals surface area (Å²) >= 11 is 3.33. The van der Waals surface area contributed by atoms with Gasteiger partial charge in [0.25, 0.3) is 0 Å². The molecule has 20 heavy (non-hydrogen) atoms. The first-order chi connectivity index (χ1) is 9.54. The van der Waals surface area contributed by atoms with E-state index in [0.29, 0.717) is 12.6 Å². The second kappa shape index (κ2) is 7.04. The van der Waals surface area contributed by atoms with Crippen LogP contribution in [0.3, 0.4) is 0 Å². The summed E-state index contributed by atoms with van der Waals surface area (Å²) in [6.07, 6.45) is 3.94. The SMILES string of the molecule is CN(C)C(=O)CN1CCC(Nc2ccc(Br)nc2)CC1. The van der Waals surface area contributed by atoms with Crippen molar-refractivity contribution in [1.29, 1.82) is 0 Å². The zero-order valence-corrected chi connectivity index (χ0v) is 13.6. The summed E-state index contributed by atoms with van der Waals surface area (Å²) in [4.78, 5) is 19.8. The molecule has 1 aromatic heterocycles. The Hall–Kier alpha value is -1.14. The van der Waals surface area contributed by atoms with E-state index in [1.807, 2.05) is 18.3 Å². The van der Waals surface area contributed by atoms with E-state index in [1.54, 1.807) is 19.0 Å². The van der Waals surface area contributed by atoms with Crippen molar-refractivity contribution in [2.75, 3.05) is 39.0 Å². The van der Waals surface area contributed by atoms with E-state index in [4.69, 9.17) is 0 Å². The van der Waals surface area contributed by atoms with Crippen LogP contribution in [-0.4, -0.2) is 60.5 Å². The van der Waals surface area contributed by atoms with Gasteiger partial charge in [0.15, 0.2) is 0 Å². The molecule has 0 aromatic carbocycles. The average Bonchev–Trinajstić information content (AvgIpc) is 2.43. The Balaban J connectivity index is 1.77. The smallest absolute Gasteiger partial charge is 0.236 e. The molecule has 0 saturated carbocycles. The van der Waals surface area contributed by atoms with Gasteiger partial charge < -0.3 is 10.2 Å². The predicted molar refractivity (Wildman–Crippen MR) is 83.7 cm³/mol. The van der Waals surface area contributed by atoms with Gasteiger partial charge in [0.05, 0.1) is 18.4 Å². The van der Waals surface area contributed by atoms with Gasteiger partial charge in [-0.05, 0) is 40.9 Å². The monoisotopic (exact) mass is 340 g/mol. The molecule has 110 valence electrons. The molecule has 0 radical (unpaired) electrons. The molecule has 5 nitrogen and oxygen atoms in total. The molecule has 2 heterocycles. The molecule has 1 aliphatic rings. The summed E-state index contributed by atoms with van der Waals surface area (Å²) in [6, 6.07) is 4.43. The zero-order chi connectivity index (χ0) is 14.5. The minimum absolute atomic E-state index is 0.175. The highest BCUT2D eigenvalue weighted by atomic mass is 79.9. The van der Waals surface area contributed by atoms with Gasteiger partial charge in [-0.25, -0.2) is 4.98 Å². The van der Waals surface area contributed by atoms with Gasteiger partial charge in [-0.1, -0.05) is 0 Å². The van der Waals surface area contributed by atoms with Crippen molar-refractivity contribution in [3.63, 3.8) is 0 Å². The van der Waals surface area contributed by atoms with Crippen molar-refractivity contribution in [3.05, 3.63) is 22.9 Å². The number of halogens is 1. The number of carbonyl (C=O) groups is 1. The van der Waals surface area contributed by atoms with Crippen LogP contribution in [0.25, 0.3) is 0 Å². The molecule has 0 unspecified atom stereocenters. The van der Waals surface area contributed by atoms with E-state index < -0.39 is 0 Å². The van der Waals surface area contributed by atoms with Crippen LogP contribution in [-0.2, 0) is 4.79 Å². The van der Waals surface area contributed by atoms with E-state index in [-0.39, 0.29) is 5.91 Å².